The average molecular weight is 329 g/mol. The van der Waals surface area contributed by atoms with Crippen LogP contribution >= 0.6 is 15.9 Å². The highest BCUT2D eigenvalue weighted by molar-refractivity contribution is 9.10. The van der Waals surface area contributed by atoms with E-state index in [1.54, 1.807) is 19.1 Å². The standard InChI is InChI=1S/C13H14BrFN2O2/c1-3-13(2)11(18)17(12(19)16-13)7-8-4-5-9(14)6-10(8)15/h4-6H,3,7H2,1-2H3,(H,16,19). The number of hydrogen-bond donors (Lipinski definition) is 1. The Morgan fingerprint density at radius 1 is 1.42 bits per heavy atom. The second-order valence-electron chi connectivity index (χ2n) is 4.74. The Morgan fingerprint density at radius 3 is 2.63 bits per heavy atom. The quantitative estimate of drug-likeness (QED) is 0.867. The number of imide groups is 1. The van der Waals surface area contributed by atoms with E-state index in [-0.39, 0.29) is 12.5 Å². The summed E-state index contributed by atoms with van der Waals surface area (Å²) in [5.41, 5.74) is -0.574. The predicted octanol–water partition coefficient (Wildman–Crippen LogP) is 2.81. The number of halogens is 2. The Labute approximate surface area is 119 Å². The fourth-order valence-corrected chi connectivity index (χ4v) is 2.28. The van der Waals surface area contributed by atoms with Crippen LogP contribution in [-0.4, -0.2) is 22.4 Å². The lowest BCUT2D eigenvalue weighted by atomic mass is 9.99. The maximum atomic E-state index is 13.7. The summed E-state index contributed by atoms with van der Waals surface area (Å²) in [6, 6.07) is 4.07. The maximum Gasteiger partial charge on any atom is 0.325 e. The summed E-state index contributed by atoms with van der Waals surface area (Å²) in [7, 11) is 0. The summed E-state index contributed by atoms with van der Waals surface area (Å²) >= 11 is 3.16. The van der Waals surface area contributed by atoms with Crippen molar-refractivity contribution in [3.05, 3.63) is 34.1 Å². The lowest BCUT2D eigenvalue weighted by Crippen LogP contribution is -2.43. The van der Waals surface area contributed by atoms with Gasteiger partial charge in [0.2, 0.25) is 0 Å². The van der Waals surface area contributed by atoms with Crippen molar-refractivity contribution in [1.29, 1.82) is 0 Å². The highest BCUT2D eigenvalue weighted by Gasteiger charge is 2.46. The molecule has 1 heterocycles. The first-order valence-corrected chi connectivity index (χ1v) is 6.74. The normalized spacial score (nSPS) is 22.8. The van der Waals surface area contributed by atoms with Gasteiger partial charge in [0.05, 0.1) is 6.54 Å². The van der Waals surface area contributed by atoms with E-state index >= 15 is 0 Å². The summed E-state index contributed by atoms with van der Waals surface area (Å²) in [6.07, 6.45) is 0.497. The molecule has 1 aliphatic rings. The van der Waals surface area contributed by atoms with E-state index in [1.807, 2.05) is 6.92 Å². The van der Waals surface area contributed by atoms with Gasteiger partial charge in [0.1, 0.15) is 11.4 Å². The Hall–Kier alpha value is -1.43. The molecular formula is C13H14BrFN2O2. The third-order valence-corrected chi connectivity index (χ3v) is 3.89. The summed E-state index contributed by atoms with van der Waals surface area (Å²) in [5, 5.41) is 2.64. The van der Waals surface area contributed by atoms with E-state index in [9.17, 15) is 14.0 Å². The number of carbonyl (C=O) groups is 2. The van der Waals surface area contributed by atoms with Crippen LogP contribution in [0.15, 0.2) is 22.7 Å². The van der Waals surface area contributed by atoms with E-state index in [1.165, 1.54) is 6.07 Å². The average Bonchev–Trinajstić information content (AvgIpc) is 2.56. The minimum atomic E-state index is -0.886. The van der Waals surface area contributed by atoms with Gasteiger partial charge in [-0.1, -0.05) is 28.9 Å². The number of hydrogen-bond acceptors (Lipinski definition) is 2. The predicted molar refractivity (Wildman–Crippen MR) is 71.9 cm³/mol. The molecule has 0 bridgehead atoms. The lowest BCUT2D eigenvalue weighted by molar-refractivity contribution is -0.131. The molecular weight excluding hydrogens is 315 g/mol. The van der Waals surface area contributed by atoms with Gasteiger partial charge in [0.15, 0.2) is 0 Å². The van der Waals surface area contributed by atoms with Crippen LogP contribution in [0.5, 0.6) is 0 Å². The maximum absolute atomic E-state index is 13.7. The molecule has 1 aromatic rings. The second-order valence-corrected chi connectivity index (χ2v) is 5.66. The van der Waals surface area contributed by atoms with Gasteiger partial charge in [-0.2, -0.15) is 0 Å². The molecule has 3 amide bonds. The van der Waals surface area contributed by atoms with Gasteiger partial charge in [-0.25, -0.2) is 9.18 Å². The van der Waals surface area contributed by atoms with Crippen LogP contribution in [0.2, 0.25) is 0 Å². The number of nitrogens with zero attached hydrogens (tertiary/aromatic N) is 1. The van der Waals surface area contributed by atoms with Crippen LogP contribution in [0.1, 0.15) is 25.8 Å². The van der Waals surface area contributed by atoms with Crippen LogP contribution in [-0.2, 0) is 11.3 Å². The Balaban J connectivity index is 2.24. The number of carbonyl (C=O) groups excluding carboxylic acids is 2. The molecule has 102 valence electrons. The summed E-state index contributed by atoms with van der Waals surface area (Å²) in [6.45, 7) is 3.44. The Kier molecular flexibility index (Phi) is 3.62. The van der Waals surface area contributed by atoms with Crippen LogP contribution in [0.3, 0.4) is 0 Å². The van der Waals surface area contributed by atoms with Crippen molar-refractivity contribution >= 4 is 27.9 Å². The highest BCUT2D eigenvalue weighted by Crippen LogP contribution is 2.24. The fourth-order valence-electron chi connectivity index (χ4n) is 1.95. The van der Waals surface area contributed by atoms with Crippen molar-refractivity contribution in [2.75, 3.05) is 0 Å². The van der Waals surface area contributed by atoms with E-state index in [0.29, 0.717) is 16.5 Å². The number of benzene rings is 1. The van der Waals surface area contributed by atoms with Crippen LogP contribution in [0, 0.1) is 5.82 Å². The molecule has 0 radical (unpaired) electrons. The molecule has 1 unspecified atom stereocenters. The zero-order chi connectivity index (χ0) is 14.2. The molecule has 6 heteroatoms. The van der Waals surface area contributed by atoms with E-state index in [4.69, 9.17) is 0 Å². The highest BCUT2D eigenvalue weighted by atomic mass is 79.9. The van der Waals surface area contributed by atoms with Gasteiger partial charge < -0.3 is 5.32 Å². The smallest absolute Gasteiger partial charge is 0.323 e. The molecule has 1 fully saturated rings. The van der Waals surface area contributed by atoms with Crippen molar-refractivity contribution < 1.29 is 14.0 Å². The number of urea groups is 1. The van der Waals surface area contributed by atoms with E-state index < -0.39 is 17.4 Å². The number of nitrogens with one attached hydrogen (secondary N) is 1. The zero-order valence-corrected chi connectivity index (χ0v) is 12.3. The fraction of sp³-hybridized carbons (Fsp3) is 0.385. The number of amides is 3. The van der Waals surface area contributed by atoms with Crippen LogP contribution in [0.25, 0.3) is 0 Å². The first kappa shape index (κ1) is 14.0. The van der Waals surface area contributed by atoms with Crippen molar-refractivity contribution in [2.24, 2.45) is 0 Å². The van der Waals surface area contributed by atoms with Gasteiger partial charge in [0, 0.05) is 10.0 Å². The minimum Gasteiger partial charge on any atom is -0.323 e. The van der Waals surface area contributed by atoms with Crippen LogP contribution in [0.4, 0.5) is 9.18 Å². The molecule has 0 aliphatic carbocycles. The zero-order valence-electron chi connectivity index (χ0n) is 10.7. The Bertz CT molecular complexity index is 549. The molecule has 0 aromatic heterocycles. The van der Waals surface area contributed by atoms with Gasteiger partial charge in [-0.3, -0.25) is 9.69 Å². The van der Waals surface area contributed by atoms with E-state index in [2.05, 4.69) is 21.2 Å². The SMILES string of the molecule is CCC1(C)NC(=O)N(Cc2ccc(Br)cc2F)C1=O. The largest absolute Gasteiger partial charge is 0.325 e. The van der Waals surface area contributed by atoms with Crippen molar-refractivity contribution in [3.63, 3.8) is 0 Å². The molecule has 1 aromatic carbocycles. The molecule has 1 aliphatic heterocycles. The van der Waals surface area contributed by atoms with Gasteiger partial charge in [-0.05, 0) is 25.5 Å². The summed E-state index contributed by atoms with van der Waals surface area (Å²) in [4.78, 5) is 25.0. The topological polar surface area (TPSA) is 49.4 Å². The van der Waals surface area contributed by atoms with Crippen molar-refractivity contribution in [1.82, 2.24) is 10.2 Å². The molecule has 0 spiro atoms. The van der Waals surface area contributed by atoms with Crippen molar-refractivity contribution in [3.8, 4) is 0 Å². The molecule has 19 heavy (non-hydrogen) atoms. The van der Waals surface area contributed by atoms with Crippen LogP contribution < -0.4 is 5.32 Å². The van der Waals surface area contributed by atoms with Gasteiger partial charge in [-0.15, -0.1) is 0 Å². The van der Waals surface area contributed by atoms with Crippen molar-refractivity contribution in [2.45, 2.75) is 32.4 Å². The Morgan fingerprint density at radius 2 is 2.11 bits per heavy atom. The number of rotatable bonds is 3. The molecule has 0 saturated carbocycles. The second kappa shape index (κ2) is 4.92. The third-order valence-electron chi connectivity index (χ3n) is 3.40. The van der Waals surface area contributed by atoms with Gasteiger partial charge >= 0.3 is 6.03 Å². The molecule has 1 atom stereocenters. The molecule has 2 rings (SSSR count). The first-order chi connectivity index (χ1) is 8.87. The van der Waals surface area contributed by atoms with Gasteiger partial charge in [0.25, 0.3) is 5.91 Å². The lowest BCUT2D eigenvalue weighted by Gasteiger charge is -2.19. The summed E-state index contributed by atoms with van der Waals surface area (Å²) in [5.74, 6) is -0.762. The molecule has 1 N–H and O–H groups in total. The summed E-state index contributed by atoms with van der Waals surface area (Å²) < 4.78 is 14.3. The monoisotopic (exact) mass is 328 g/mol. The third kappa shape index (κ3) is 2.49. The first-order valence-electron chi connectivity index (χ1n) is 5.95. The molecule has 4 nitrogen and oxygen atoms in total. The minimum absolute atomic E-state index is 0.0562. The molecule has 1 saturated heterocycles. The van der Waals surface area contributed by atoms with E-state index in [0.717, 1.165) is 4.90 Å².